The minimum absolute atomic E-state index is 0.0481. The van der Waals surface area contributed by atoms with E-state index in [0.29, 0.717) is 11.3 Å². The zero-order valence-corrected chi connectivity index (χ0v) is 17.2. The van der Waals surface area contributed by atoms with E-state index >= 15 is 0 Å². The molecule has 0 heterocycles. The number of nitrogens with zero attached hydrogens (tertiary/aromatic N) is 1. The first-order chi connectivity index (χ1) is 14.6. The molecule has 5 heteroatoms. The number of methoxy groups -OCH3 is 1. The second kappa shape index (κ2) is 10.3. The van der Waals surface area contributed by atoms with Gasteiger partial charge in [0.1, 0.15) is 5.75 Å². The van der Waals surface area contributed by atoms with E-state index in [0.717, 1.165) is 11.1 Å². The van der Waals surface area contributed by atoms with Crippen LogP contribution >= 0.6 is 0 Å². The van der Waals surface area contributed by atoms with E-state index in [4.69, 9.17) is 4.74 Å². The Balaban J connectivity index is 1.67. The van der Waals surface area contributed by atoms with Gasteiger partial charge in [0.05, 0.1) is 18.7 Å². The highest BCUT2D eigenvalue weighted by molar-refractivity contribution is 5.97. The molecule has 30 heavy (non-hydrogen) atoms. The summed E-state index contributed by atoms with van der Waals surface area (Å²) in [5, 5.41) is 2.81. The number of benzene rings is 3. The highest BCUT2D eigenvalue weighted by Crippen LogP contribution is 2.27. The van der Waals surface area contributed by atoms with Crippen molar-refractivity contribution in [1.82, 2.24) is 10.2 Å². The third-order valence-corrected chi connectivity index (χ3v) is 4.99. The molecule has 0 spiro atoms. The Labute approximate surface area is 177 Å². The largest absolute Gasteiger partial charge is 0.496 e. The molecular weight excluding hydrogens is 376 g/mol. The van der Waals surface area contributed by atoms with Crippen molar-refractivity contribution < 1.29 is 14.3 Å². The average Bonchev–Trinajstić information content (AvgIpc) is 2.80. The molecule has 0 aliphatic heterocycles. The molecule has 0 aromatic heterocycles. The molecule has 0 atom stereocenters. The van der Waals surface area contributed by atoms with Crippen LogP contribution in [0.25, 0.3) is 0 Å². The number of rotatable bonds is 8. The van der Waals surface area contributed by atoms with Crippen LogP contribution in [0.15, 0.2) is 84.9 Å². The summed E-state index contributed by atoms with van der Waals surface area (Å²) in [5.41, 5.74) is 2.53. The van der Waals surface area contributed by atoms with Crippen molar-refractivity contribution in [2.45, 2.75) is 12.5 Å². The molecule has 3 rings (SSSR count). The Bertz CT molecular complexity index is 934. The summed E-state index contributed by atoms with van der Waals surface area (Å²) in [4.78, 5) is 27.1. The first-order valence-electron chi connectivity index (χ1n) is 9.88. The van der Waals surface area contributed by atoms with Crippen molar-refractivity contribution in [1.29, 1.82) is 0 Å². The number of carbonyl (C=O) groups excluding carboxylic acids is 2. The topological polar surface area (TPSA) is 58.6 Å². The van der Waals surface area contributed by atoms with Crippen LogP contribution in [0, 0.1) is 0 Å². The Morgan fingerprint density at radius 1 is 0.867 bits per heavy atom. The van der Waals surface area contributed by atoms with E-state index in [1.54, 1.807) is 36.2 Å². The summed E-state index contributed by atoms with van der Waals surface area (Å²) < 4.78 is 5.23. The van der Waals surface area contributed by atoms with Gasteiger partial charge in [-0.05, 0) is 23.3 Å². The lowest BCUT2D eigenvalue weighted by molar-refractivity contribution is -0.131. The average molecular weight is 402 g/mol. The second-order valence-electron chi connectivity index (χ2n) is 6.93. The third kappa shape index (κ3) is 5.06. The fraction of sp³-hybridized carbons (Fsp3) is 0.200. The van der Waals surface area contributed by atoms with Crippen molar-refractivity contribution in [3.63, 3.8) is 0 Å². The maximum atomic E-state index is 12.9. The zero-order chi connectivity index (χ0) is 21.3. The molecule has 0 fully saturated rings. The fourth-order valence-electron chi connectivity index (χ4n) is 3.44. The molecule has 0 radical (unpaired) electrons. The normalized spacial score (nSPS) is 10.5. The van der Waals surface area contributed by atoms with Gasteiger partial charge in [-0.2, -0.15) is 0 Å². The number of amides is 2. The van der Waals surface area contributed by atoms with Crippen LogP contribution in [-0.4, -0.2) is 37.4 Å². The molecule has 0 aliphatic rings. The van der Waals surface area contributed by atoms with E-state index in [1.165, 1.54) is 7.11 Å². The molecule has 0 saturated heterocycles. The standard InChI is InChI=1S/C25H26N2O3/c1-27(24(19-11-5-3-6-12-19)20-13-7-4-8-14-20)23(28)17-18-26-25(29)21-15-9-10-16-22(21)30-2/h3-16,24H,17-18H2,1-2H3,(H,26,29). The van der Waals surface area contributed by atoms with Gasteiger partial charge >= 0.3 is 0 Å². The van der Waals surface area contributed by atoms with Gasteiger partial charge < -0.3 is 15.0 Å². The summed E-state index contributed by atoms with van der Waals surface area (Å²) >= 11 is 0. The van der Waals surface area contributed by atoms with Gasteiger partial charge in [0.25, 0.3) is 5.91 Å². The van der Waals surface area contributed by atoms with Crippen molar-refractivity contribution in [2.24, 2.45) is 0 Å². The quantitative estimate of drug-likeness (QED) is 0.618. The van der Waals surface area contributed by atoms with Crippen LogP contribution in [0.5, 0.6) is 5.75 Å². The molecular formula is C25H26N2O3. The van der Waals surface area contributed by atoms with E-state index in [1.807, 2.05) is 60.7 Å². The maximum Gasteiger partial charge on any atom is 0.255 e. The van der Waals surface area contributed by atoms with Crippen LogP contribution in [0.4, 0.5) is 0 Å². The number of hydrogen-bond acceptors (Lipinski definition) is 3. The van der Waals surface area contributed by atoms with Crippen molar-refractivity contribution in [3.05, 3.63) is 102 Å². The van der Waals surface area contributed by atoms with Gasteiger partial charge in [0.15, 0.2) is 0 Å². The number of hydrogen-bond donors (Lipinski definition) is 1. The van der Waals surface area contributed by atoms with Crippen LogP contribution in [0.3, 0.4) is 0 Å². The monoisotopic (exact) mass is 402 g/mol. The molecule has 2 amide bonds. The summed E-state index contributed by atoms with van der Waals surface area (Å²) in [6.45, 7) is 0.246. The molecule has 154 valence electrons. The Kier molecular flexibility index (Phi) is 7.22. The number of nitrogens with one attached hydrogen (secondary N) is 1. The van der Waals surface area contributed by atoms with Crippen LogP contribution in [0.2, 0.25) is 0 Å². The first kappa shape index (κ1) is 21.1. The smallest absolute Gasteiger partial charge is 0.255 e. The Morgan fingerprint density at radius 2 is 1.40 bits per heavy atom. The predicted octanol–water partition coefficient (Wildman–Crippen LogP) is 4.06. The molecule has 3 aromatic rings. The summed E-state index contributed by atoms with van der Waals surface area (Å²) in [7, 11) is 3.33. The maximum absolute atomic E-state index is 12.9. The van der Waals surface area contributed by atoms with Crippen LogP contribution in [0.1, 0.15) is 33.9 Å². The Hall–Kier alpha value is -3.60. The van der Waals surface area contributed by atoms with E-state index in [-0.39, 0.29) is 30.8 Å². The SMILES string of the molecule is COc1ccccc1C(=O)NCCC(=O)N(C)C(c1ccccc1)c1ccccc1. The van der Waals surface area contributed by atoms with Crippen molar-refractivity contribution in [3.8, 4) is 5.75 Å². The summed E-state index contributed by atoms with van der Waals surface area (Å²) in [6, 6.07) is 26.7. The van der Waals surface area contributed by atoms with Gasteiger partial charge in [0, 0.05) is 20.0 Å². The molecule has 0 unspecified atom stereocenters. The lowest BCUT2D eigenvalue weighted by Gasteiger charge is -2.29. The lowest BCUT2D eigenvalue weighted by atomic mass is 9.97. The zero-order valence-electron chi connectivity index (χ0n) is 17.2. The Morgan fingerprint density at radius 3 is 1.97 bits per heavy atom. The number of ether oxygens (including phenoxy) is 1. The molecule has 1 N–H and O–H groups in total. The molecule has 3 aromatic carbocycles. The van der Waals surface area contributed by atoms with Gasteiger partial charge in [-0.1, -0.05) is 72.8 Å². The van der Waals surface area contributed by atoms with Gasteiger partial charge in [-0.15, -0.1) is 0 Å². The van der Waals surface area contributed by atoms with Gasteiger partial charge in [-0.25, -0.2) is 0 Å². The molecule has 0 aliphatic carbocycles. The van der Waals surface area contributed by atoms with E-state index < -0.39 is 0 Å². The highest BCUT2D eigenvalue weighted by atomic mass is 16.5. The minimum Gasteiger partial charge on any atom is -0.496 e. The number of carbonyl (C=O) groups is 2. The molecule has 5 nitrogen and oxygen atoms in total. The van der Waals surface area contributed by atoms with Crippen molar-refractivity contribution >= 4 is 11.8 Å². The van der Waals surface area contributed by atoms with Crippen LogP contribution in [-0.2, 0) is 4.79 Å². The van der Waals surface area contributed by atoms with E-state index in [9.17, 15) is 9.59 Å². The third-order valence-electron chi connectivity index (χ3n) is 4.99. The highest BCUT2D eigenvalue weighted by Gasteiger charge is 2.23. The summed E-state index contributed by atoms with van der Waals surface area (Å²) in [6.07, 6.45) is 0.202. The van der Waals surface area contributed by atoms with Crippen molar-refractivity contribution in [2.75, 3.05) is 20.7 Å². The fourth-order valence-corrected chi connectivity index (χ4v) is 3.44. The first-order valence-corrected chi connectivity index (χ1v) is 9.88. The van der Waals surface area contributed by atoms with Crippen LogP contribution < -0.4 is 10.1 Å². The summed E-state index contributed by atoms with van der Waals surface area (Å²) in [5.74, 6) is 0.199. The van der Waals surface area contributed by atoms with Gasteiger partial charge in [0.2, 0.25) is 5.91 Å². The minimum atomic E-state index is -0.259. The second-order valence-corrected chi connectivity index (χ2v) is 6.93. The number of para-hydroxylation sites is 1. The lowest BCUT2D eigenvalue weighted by Crippen LogP contribution is -2.35. The molecule has 0 saturated carbocycles. The van der Waals surface area contributed by atoms with E-state index in [2.05, 4.69) is 5.32 Å². The van der Waals surface area contributed by atoms with Gasteiger partial charge in [-0.3, -0.25) is 9.59 Å². The predicted molar refractivity (Wildman–Crippen MR) is 117 cm³/mol. The molecule has 0 bridgehead atoms.